The highest BCUT2D eigenvalue weighted by atomic mass is 32.2. The Morgan fingerprint density at radius 2 is 1.54 bits per heavy atom. The Kier molecular flexibility index (Phi) is 10.0. The molecular weight excluding hydrogens is 522 g/mol. The lowest BCUT2D eigenvalue weighted by molar-refractivity contribution is -0.115. The van der Waals surface area contributed by atoms with Gasteiger partial charge in [0.2, 0.25) is 5.91 Å². The second-order valence-electron chi connectivity index (χ2n) is 8.40. The molecule has 3 aromatic rings. The van der Waals surface area contributed by atoms with Crippen LogP contribution in [0.4, 0.5) is 17.1 Å². The van der Waals surface area contributed by atoms with E-state index < -0.39 is 9.84 Å². The first-order chi connectivity index (χ1) is 18.7. The van der Waals surface area contributed by atoms with Crippen molar-refractivity contribution in [2.45, 2.75) is 12.2 Å². The predicted molar refractivity (Wildman–Crippen MR) is 153 cm³/mol. The van der Waals surface area contributed by atoms with Crippen LogP contribution in [-0.4, -0.2) is 49.3 Å². The predicted octanol–water partition coefficient (Wildman–Crippen LogP) is 4.33. The van der Waals surface area contributed by atoms with Crippen LogP contribution in [0.5, 0.6) is 23.0 Å². The van der Waals surface area contributed by atoms with Crippen molar-refractivity contribution in [3.63, 3.8) is 0 Å². The van der Waals surface area contributed by atoms with E-state index in [4.69, 9.17) is 24.7 Å². The van der Waals surface area contributed by atoms with E-state index in [2.05, 4.69) is 10.6 Å². The van der Waals surface area contributed by atoms with E-state index in [0.29, 0.717) is 57.7 Å². The van der Waals surface area contributed by atoms with E-state index in [1.54, 1.807) is 54.6 Å². The summed E-state index contributed by atoms with van der Waals surface area (Å²) in [6, 6.07) is 15.3. The highest BCUT2D eigenvalue weighted by molar-refractivity contribution is 7.93. The van der Waals surface area contributed by atoms with Crippen LogP contribution < -0.4 is 35.3 Å². The van der Waals surface area contributed by atoms with Gasteiger partial charge in [0.25, 0.3) is 0 Å². The third-order valence-electron chi connectivity index (χ3n) is 5.73. The summed E-state index contributed by atoms with van der Waals surface area (Å²) in [5.41, 5.74) is 8.47. The molecule has 4 N–H and O–H groups in total. The molecule has 208 valence electrons. The topological polar surface area (TPSA) is 138 Å². The van der Waals surface area contributed by atoms with Gasteiger partial charge < -0.3 is 35.3 Å². The Hall–Kier alpha value is -4.38. The SMILES string of the molecule is COc1cc(OC)c(/C=C/S(=O)(=O)Cc2ccc(OC)c(NCCC(=O)Nc3ccccc3N)c2)c(OC)c1. The number of carbonyl (C=O) groups excluding carboxylic acids is 1. The van der Waals surface area contributed by atoms with Gasteiger partial charge in [-0.3, -0.25) is 4.79 Å². The van der Waals surface area contributed by atoms with Crippen molar-refractivity contribution in [2.24, 2.45) is 0 Å². The van der Waals surface area contributed by atoms with E-state index in [1.807, 2.05) is 0 Å². The number of nitrogen functional groups attached to an aromatic ring is 1. The summed E-state index contributed by atoms with van der Waals surface area (Å²) in [5, 5.41) is 7.04. The van der Waals surface area contributed by atoms with Crippen LogP contribution >= 0.6 is 0 Å². The number of ether oxygens (including phenoxy) is 4. The minimum absolute atomic E-state index is 0.161. The monoisotopic (exact) mass is 555 g/mol. The third-order valence-corrected chi connectivity index (χ3v) is 7.02. The van der Waals surface area contributed by atoms with Crippen molar-refractivity contribution in [1.29, 1.82) is 0 Å². The van der Waals surface area contributed by atoms with E-state index in [9.17, 15) is 13.2 Å². The minimum Gasteiger partial charge on any atom is -0.496 e. The second kappa shape index (κ2) is 13.4. The number of para-hydroxylation sites is 2. The van der Waals surface area contributed by atoms with Gasteiger partial charge in [-0.05, 0) is 35.9 Å². The number of methoxy groups -OCH3 is 4. The van der Waals surface area contributed by atoms with Crippen LogP contribution in [-0.2, 0) is 20.4 Å². The Balaban J connectivity index is 1.70. The summed E-state index contributed by atoms with van der Waals surface area (Å²) in [6.45, 7) is 0.294. The van der Waals surface area contributed by atoms with Gasteiger partial charge in [-0.15, -0.1) is 0 Å². The van der Waals surface area contributed by atoms with Crippen LogP contribution in [0.25, 0.3) is 6.08 Å². The quantitative estimate of drug-likeness (QED) is 0.263. The largest absolute Gasteiger partial charge is 0.496 e. The maximum Gasteiger partial charge on any atom is 0.226 e. The molecule has 0 bridgehead atoms. The third kappa shape index (κ3) is 8.05. The zero-order valence-corrected chi connectivity index (χ0v) is 23.1. The average molecular weight is 556 g/mol. The fourth-order valence-corrected chi connectivity index (χ4v) is 4.85. The van der Waals surface area contributed by atoms with Gasteiger partial charge in [0, 0.05) is 30.5 Å². The normalized spacial score (nSPS) is 11.2. The number of hydrogen-bond donors (Lipinski definition) is 3. The minimum atomic E-state index is -3.67. The molecule has 3 rings (SSSR count). The van der Waals surface area contributed by atoms with Gasteiger partial charge >= 0.3 is 0 Å². The maximum atomic E-state index is 13.0. The van der Waals surface area contributed by atoms with Crippen molar-refractivity contribution < 1.29 is 32.2 Å². The summed E-state index contributed by atoms with van der Waals surface area (Å²) in [7, 11) is 2.31. The number of sulfone groups is 1. The molecule has 11 heteroatoms. The molecule has 0 heterocycles. The molecule has 0 spiro atoms. The first kappa shape index (κ1) is 29.2. The maximum absolute atomic E-state index is 13.0. The van der Waals surface area contributed by atoms with Crippen molar-refractivity contribution in [3.8, 4) is 23.0 Å². The molecule has 0 aliphatic rings. The van der Waals surface area contributed by atoms with Crippen LogP contribution in [0, 0.1) is 0 Å². The zero-order chi connectivity index (χ0) is 28.4. The van der Waals surface area contributed by atoms with Crippen LogP contribution in [0.3, 0.4) is 0 Å². The van der Waals surface area contributed by atoms with Gasteiger partial charge in [0.05, 0.1) is 56.8 Å². The smallest absolute Gasteiger partial charge is 0.226 e. The molecule has 0 aliphatic heterocycles. The first-order valence-electron chi connectivity index (χ1n) is 12.0. The molecule has 0 saturated heterocycles. The van der Waals surface area contributed by atoms with Crippen molar-refractivity contribution >= 4 is 38.9 Å². The molecule has 1 amide bonds. The van der Waals surface area contributed by atoms with Gasteiger partial charge in [-0.1, -0.05) is 18.2 Å². The molecule has 3 aromatic carbocycles. The van der Waals surface area contributed by atoms with E-state index in [0.717, 1.165) is 5.41 Å². The lowest BCUT2D eigenvalue weighted by atomic mass is 10.1. The fraction of sp³-hybridized carbons (Fsp3) is 0.250. The van der Waals surface area contributed by atoms with Gasteiger partial charge in [0.1, 0.15) is 23.0 Å². The van der Waals surface area contributed by atoms with E-state index in [1.165, 1.54) is 34.5 Å². The number of hydrogen-bond acceptors (Lipinski definition) is 9. The second-order valence-corrected chi connectivity index (χ2v) is 10.3. The van der Waals surface area contributed by atoms with Gasteiger partial charge in [-0.2, -0.15) is 0 Å². The molecule has 39 heavy (non-hydrogen) atoms. The van der Waals surface area contributed by atoms with Crippen LogP contribution in [0.2, 0.25) is 0 Å². The van der Waals surface area contributed by atoms with Gasteiger partial charge in [0.15, 0.2) is 9.84 Å². The molecule has 0 aliphatic carbocycles. The highest BCUT2D eigenvalue weighted by Crippen LogP contribution is 2.35. The highest BCUT2D eigenvalue weighted by Gasteiger charge is 2.15. The lowest BCUT2D eigenvalue weighted by Crippen LogP contribution is -2.17. The Morgan fingerprint density at radius 1 is 0.872 bits per heavy atom. The van der Waals surface area contributed by atoms with Crippen molar-refractivity contribution in [1.82, 2.24) is 0 Å². The molecule has 0 fully saturated rings. The van der Waals surface area contributed by atoms with Crippen molar-refractivity contribution in [2.75, 3.05) is 51.4 Å². The summed E-state index contributed by atoms with van der Waals surface area (Å²) in [4.78, 5) is 12.3. The number of amides is 1. The lowest BCUT2D eigenvalue weighted by Gasteiger charge is -2.14. The Bertz CT molecular complexity index is 1410. The number of carbonyl (C=O) groups is 1. The standard InChI is InChI=1S/C28H33N3O7S/c1-35-20-16-26(37-3)21(27(17-20)38-4)12-14-39(33,34)18-19-9-10-25(36-2)24(15-19)30-13-11-28(32)31-23-8-6-5-7-22(23)29/h5-10,12,14-17,30H,11,13,18,29H2,1-4H3,(H,31,32)/b14-12+. The van der Waals surface area contributed by atoms with E-state index in [-0.39, 0.29) is 18.1 Å². The fourth-order valence-electron chi connectivity index (χ4n) is 3.77. The summed E-state index contributed by atoms with van der Waals surface area (Å²) in [6.07, 6.45) is 1.60. The Labute approximate surface area is 228 Å². The number of benzene rings is 3. The zero-order valence-electron chi connectivity index (χ0n) is 22.3. The van der Waals surface area contributed by atoms with Gasteiger partial charge in [-0.25, -0.2) is 8.42 Å². The molecule has 0 saturated carbocycles. The number of nitrogens with two attached hydrogens (primary N) is 1. The first-order valence-corrected chi connectivity index (χ1v) is 13.7. The molecule has 0 radical (unpaired) electrons. The molecule has 0 unspecified atom stereocenters. The average Bonchev–Trinajstić information content (AvgIpc) is 2.92. The number of nitrogens with one attached hydrogen (secondary N) is 2. The summed E-state index contributed by atoms with van der Waals surface area (Å²) >= 11 is 0. The Morgan fingerprint density at radius 3 is 2.15 bits per heavy atom. The summed E-state index contributed by atoms with van der Waals surface area (Å²) in [5.74, 6) is 1.39. The summed E-state index contributed by atoms with van der Waals surface area (Å²) < 4.78 is 47.3. The molecular formula is C28H33N3O7S. The van der Waals surface area contributed by atoms with E-state index >= 15 is 0 Å². The molecule has 0 aromatic heterocycles. The number of rotatable bonds is 13. The van der Waals surface area contributed by atoms with Crippen LogP contribution in [0.1, 0.15) is 17.5 Å². The van der Waals surface area contributed by atoms with Crippen LogP contribution in [0.15, 0.2) is 60.0 Å². The number of anilines is 3. The molecule has 10 nitrogen and oxygen atoms in total. The molecule has 0 atom stereocenters. The van der Waals surface area contributed by atoms with Crippen molar-refractivity contribution in [3.05, 3.63) is 71.1 Å².